The number of rotatable bonds is 3. The maximum absolute atomic E-state index is 10.7. The van der Waals surface area contributed by atoms with E-state index in [4.69, 9.17) is 4.74 Å². The van der Waals surface area contributed by atoms with Gasteiger partial charge in [0.25, 0.3) is 0 Å². The summed E-state index contributed by atoms with van der Waals surface area (Å²) in [5.74, 6) is 0.112. The van der Waals surface area contributed by atoms with E-state index in [0.29, 0.717) is 5.88 Å². The van der Waals surface area contributed by atoms with Crippen molar-refractivity contribution in [3.05, 3.63) is 11.3 Å². The van der Waals surface area contributed by atoms with Crippen LogP contribution in [-0.4, -0.2) is 36.3 Å². The van der Waals surface area contributed by atoms with Crippen LogP contribution in [0.5, 0.6) is 0 Å². The molecule has 1 unspecified atom stereocenters. The maximum atomic E-state index is 10.7. The molecular formula is C9H15N3O2S. The second-order valence-corrected chi connectivity index (χ2v) is 4.78. The first-order valence-electron chi connectivity index (χ1n) is 4.48. The Morgan fingerprint density at radius 3 is 2.93 bits per heavy atom. The van der Waals surface area contributed by atoms with E-state index in [1.165, 1.54) is 18.7 Å². The van der Waals surface area contributed by atoms with E-state index in [0.717, 1.165) is 0 Å². The second-order valence-electron chi connectivity index (χ2n) is 3.51. The van der Waals surface area contributed by atoms with Crippen molar-refractivity contribution in [2.45, 2.75) is 18.8 Å². The van der Waals surface area contributed by atoms with Crippen LogP contribution in [0.1, 0.15) is 13.8 Å². The Hall–Kier alpha value is -1.17. The van der Waals surface area contributed by atoms with E-state index in [-0.39, 0.29) is 5.97 Å². The lowest BCUT2D eigenvalue weighted by atomic mass is 10.5. The number of ether oxygens (including phenoxy) is 1. The van der Waals surface area contributed by atoms with Crippen molar-refractivity contribution < 1.29 is 9.53 Å². The van der Waals surface area contributed by atoms with Gasteiger partial charge in [-0.25, -0.2) is 4.99 Å². The third-order valence-corrected chi connectivity index (χ3v) is 2.54. The van der Waals surface area contributed by atoms with Crippen molar-refractivity contribution in [2.24, 2.45) is 4.99 Å². The molecule has 0 fully saturated rings. The van der Waals surface area contributed by atoms with Gasteiger partial charge in [0.15, 0.2) is 4.99 Å². The Bertz CT molecular complexity index is 314. The average molecular weight is 229 g/mol. The van der Waals surface area contributed by atoms with Crippen molar-refractivity contribution in [3.63, 3.8) is 0 Å². The molecule has 6 heteroatoms. The number of esters is 1. The normalized spacial score (nSPS) is 24.9. The lowest BCUT2D eigenvalue weighted by Crippen LogP contribution is -2.34. The largest absolute Gasteiger partial charge is 0.409 e. The minimum absolute atomic E-state index is 0.338. The highest BCUT2D eigenvalue weighted by Crippen LogP contribution is 2.32. The summed E-state index contributed by atoms with van der Waals surface area (Å²) in [6.45, 7) is 3.27. The van der Waals surface area contributed by atoms with E-state index < -0.39 is 4.99 Å². The van der Waals surface area contributed by atoms with Crippen LogP contribution in [0.3, 0.4) is 0 Å². The third-order valence-electron chi connectivity index (χ3n) is 1.54. The lowest BCUT2D eigenvalue weighted by molar-refractivity contribution is -0.137. The van der Waals surface area contributed by atoms with Crippen LogP contribution < -0.4 is 5.32 Å². The molecule has 0 aliphatic carbocycles. The topological polar surface area (TPSA) is 53.9 Å². The molecule has 15 heavy (non-hydrogen) atoms. The maximum Gasteiger partial charge on any atom is 0.309 e. The second kappa shape index (κ2) is 4.57. The molecule has 1 N–H and O–H groups in total. The van der Waals surface area contributed by atoms with Gasteiger partial charge in [0.05, 0.1) is 6.34 Å². The number of hydrogen-bond donors (Lipinski definition) is 1. The molecule has 0 saturated heterocycles. The molecule has 0 aromatic carbocycles. The van der Waals surface area contributed by atoms with Crippen LogP contribution in [0.15, 0.2) is 16.3 Å². The number of aliphatic imine (C=N–C) groups is 1. The minimum atomic E-state index is -0.491. The van der Waals surface area contributed by atoms with E-state index in [2.05, 4.69) is 10.3 Å². The standard InChI is InChI=1S/C9H15N3O2S/c1-7(13)14-8-5-15-9(2,11-8)10-6-12(3)4/h5-6,11H,1-4H3/b10-6+. The molecule has 84 valence electrons. The summed E-state index contributed by atoms with van der Waals surface area (Å²) in [6.07, 6.45) is 1.71. The highest BCUT2D eigenvalue weighted by Gasteiger charge is 2.30. The highest BCUT2D eigenvalue weighted by atomic mass is 32.2. The van der Waals surface area contributed by atoms with Gasteiger partial charge >= 0.3 is 5.97 Å². The number of thioether (sulfide) groups is 1. The molecule has 5 nitrogen and oxygen atoms in total. The van der Waals surface area contributed by atoms with Gasteiger partial charge in [-0.1, -0.05) is 11.8 Å². The summed E-state index contributed by atoms with van der Waals surface area (Å²) in [4.78, 5) is 16.4. The highest BCUT2D eigenvalue weighted by molar-refractivity contribution is 8.03. The summed E-state index contributed by atoms with van der Waals surface area (Å²) in [6, 6.07) is 0. The van der Waals surface area contributed by atoms with Gasteiger partial charge in [0.1, 0.15) is 0 Å². The number of hydrogen-bond acceptors (Lipinski definition) is 5. The fraction of sp³-hybridized carbons (Fsp3) is 0.556. The first-order valence-corrected chi connectivity index (χ1v) is 5.35. The lowest BCUT2D eigenvalue weighted by Gasteiger charge is -2.20. The molecule has 0 saturated carbocycles. The number of carbonyl (C=O) groups is 1. The molecule has 0 aromatic rings. The monoisotopic (exact) mass is 229 g/mol. The molecular weight excluding hydrogens is 214 g/mol. The van der Waals surface area contributed by atoms with E-state index in [1.54, 1.807) is 11.7 Å². The zero-order valence-corrected chi connectivity index (χ0v) is 10.1. The van der Waals surface area contributed by atoms with Gasteiger partial charge in [0, 0.05) is 26.4 Å². The summed E-state index contributed by atoms with van der Waals surface area (Å²) in [5.41, 5.74) is 0. The van der Waals surface area contributed by atoms with Crippen LogP contribution in [0, 0.1) is 0 Å². The molecule has 1 aliphatic rings. The Balaban J connectivity index is 2.53. The summed E-state index contributed by atoms with van der Waals surface area (Å²) in [7, 11) is 3.79. The molecule has 0 bridgehead atoms. The SMILES string of the molecule is CC(=O)OC1=CSC(C)(/N=C/N(C)C)N1. The Labute approximate surface area is 93.6 Å². The van der Waals surface area contributed by atoms with Gasteiger partial charge in [-0.15, -0.1) is 0 Å². The smallest absolute Gasteiger partial charge is 0.309 e. The molecule has 1 atom stereocenters. The first kappa shape index (κ1) is 11.9. The van der Waals surface area contributed by atoms with E-state index >= 15 is 0 Å². The van der Waals surface area contributed by atoms with Crippen LogP contribution in [0.25, 0.3) is 0 Å². The Morgan fingerprint density at radius 1 is 1.73 bits per heavy atom. The predicted molar refractivity (Wildman–Crippen MR) is 61.2 cm³/mol. The number of nitrogens with one attached hydrogen (secondary N) is 1. The molecule has 0 aromatic heterocycles. The van der Waals surface area contributed by atoms with Crippen LogP contribution in [0.2, 0.25) is 0 Å². The third kappa shape index (κ3) is 3.83. The minimum Gasteiger partial charge on any atom is -0.409 e. The summed E-state index contributed by atoms with van der Waals surface area (Å²) < 4.78 is 4.92. The van der Waals surface area contributed by atoms with Crippen LogP contribution in [-0.2, 0) is 9.53 Å². The summed E-state index contributed by atoms with van der Waals surface area (Å²) in [5, 5.41) is 4.75. The fourth-order valence-corrected chi connectivity index (χ4v) is 1.66. The van der Waals surface area contributed by atoms with Gasteiger partial charge in [-0.2, -0.15) is 0 Å². The number of carbonyl (C=O) groups excluding carboxylic acids is 1. The molecule has 1 heterocycles. The predicted octanol–water partition coefficient (Wildman–Crippen LogP) is 0.948. The van der Waals surface area contributed by atoms with Crippen molar-refractivity contribution >= 4 is 24.1 Å². The molecule has 1 rings (SSSR count). The van der Waals surface area contributed by atoms with Gasteiger partial charge in [-0.3, -0.25) is 4.79 Å². The average Bonchev–Trinajstić information content (AvgIpc) is 2.44. The van der Waals surface area contributed by atoms with Crippen LogP contribution in [0.4, 0.5) is 0 Å². The van der Waals surface area contributed by atoms with Gasteiger partial charge in [0.2, 0.25) is 5.88 Å². The summed E-state index contributed by atoms with van der Waals surface area (Å²) >= 11 is 1.46. The van der Waals surface area contributed by atoms with Crippen molar-refractivity contribution in [1.29, 1.82) is 0 Å². The zero-order valence-electron chi connectivity index (χ0n) is 9.27. The van der Waals surface area contributed by atoms with Gasteiger partial charge in [-0.05, 0) is 6.92 Å². The van der Waals surface area contributed by atoms with Crippen LogP contribution >= 0.6 is 11.8 Å². The van der Waals surface area contributed by atoms with Crippen molar-refractivity contribution in [1.82, 2.24) is 10.2 Å². The van der Waals surface area contributed by atoms with Crippen molar-refractivity contribution in [2.75, 3.05) is 14.1 Å². The Kier molecular flexibility index (Phi) is 3.62. The number of nitrogens with zero attached hydrogens (tertiary/aromatic N) is 2. The fourth-order valence-electron chi connectivity index (χ4n) is 0.949. The van der Waals surface area contributed by atoms with Gasteiger partial charge < -0.3 is 15.0 Å². The van der Waals surface area contributed by atoms with Crippen molar-refractivity contribution in [3.8, 4) is 0 Å². The molecule has 0 amide bonds. The first-order chi connectivity index (χ1) is 6.91. The van der Waals surface area contributed by atoms with E-state index in [1.807, 2.05) is 25.9 Å². The molecule has 0 radical (unpaired) electrons. The molecule has 0 spiro atoms. The van der Waals surface area contributed by atoms with E-state index in [9.17, 15) is 4.79 Å². The zero-order chi connectivity index (χ0) is 11.5. The Morgan fingerprint density at radius 2 is 2.40 bits per heavy atom. The molecule has 1 aliphatic heterocycles. The quantitative estimate of drug-likeness (QED) is 0.443.